The van der Waals surface area contributed by atoms with Gasteiger partial charge in [-0.25, -0.2) is 4.79 Å². The molecule has 1 aliphatic heterocycles. The van der Waals surface area contributed by atoms with Gasteiger partial charge in [0.15, 0.2) is 5.78 Å². The van der Waals surface area contributed by atoms with Gasteiger partial charge in [0.05, 0.1) is 12.7 Å². The zero-order chi connectivity index (χ0) is 18.4. The predicted octanol–water partition coefficient (Wildman–Crippen LogP) is 4.12. The Morgan fingerprint density at radius 1 is 1.24 bits per heavy atom. The summed E-state index contributed by atoms with van der Waals surface area (Å²) in [6, 6.07) is 7.29. The van der Waals surface area contributed by atoms with Crippen LogP contribution in [0.5, 0.6) is 0 Å². The molecule has 1 aliphatic carbocycles. The fourth-order valence-corrected chi connectivity index (χ4v) is 3.93. The van der Waals surface area contributed by atoms with E-state index >= 15 is 0 Å². The first-order valence-corrected chi connectivity index (χ1v) is 8.69. The standard InChI is InChI=1S/C20H22ClNO3/c1-11-16(19(24)25-4)17(12-5-7-13(21)8-6-12)18-14(22-11)9-20(2,3)10-15(18)23/h5-8,17,22H,9-10H2,1-4H3. The molecule has 1 heterocycles. The number of nitrogens with one attached hydrogen (secondary N) is 1. The van der Waals surface area contributed by atoms with Gasteiger partial charge in [0, 0.05) is 34.3 Å². The second kappa shape index (κ2) is 6.34. The molecule has 5 heteroatoms. The van der Waals surface area contributed by atoms with Crippen LogP contribution in [0.15, 0.2) is 46.8 Å². The van der Waals surface area contributed by atoms with Gasteiger partial charge in [0.25, 0.3) is 0 Å². The van der Waals surface area contributed by atoms with Gasteiger partial charge in [-0.15, -0.1) is 0 Å². The molecule has 0 saturated carbocycles. The summed E-state index contributed by atoms with van der Waals surface area (Å²) in [5.41, 5.74) is 3.56. The number of Topliss-reactive ketones (excluding diaryl/α,β-unsaturated/α-hetero) is 1. The van der Waals surface area contributed by atoms with Crippen LogP contribution in [0, 0.1) is 5.41 Å². The average molecular weight is 360 g/mol. The summed E-state index contributed by atoms with van der Waals surface area (Å²) in [6.07, 6.45) is 1.23. The molecule has 25 heavy (non-hydrogen) atoms. The van der Waals surface area contributed by atoms with Gasteiger partial charge >= 0.3 is 5.97 Å². The minimum absolute atomic E-state index is 0.0765. The minimum Gasteiger partial charge on any atom is -0.466 e. The smallest absolute Gasteiger partial charge is 0.336 e. The van der Waals surface area contributed by atoms with Gasteiger partial charge in [0.2, 0.25) is 0 Å². The average Bonchev–Trinajstić information content (AvgIpc) is 2.52. The lowest BCUT2D eigenvalue weighted by Crippen LogP contribution is -2.38. The van der Waals surface area contributed by atoms with Gasteiger partial charge < -0.3 is 10.1 Å². The van der Waals surface area contributed by atoms with Gasteiger partial charge in [-0.2, -0.15) is 0 Å². The van der Waals surface area contributed by atoms with Gasteiger partial charge in [0.1, 0.15) is 0 Å². The normalized spacial score (nSPS) is 22.4. The predicted molar refractivity (Wildman–Crippen MR) is 97.1 cm³/mol. The number of esters is 1. The van der Waals surface area contributed by atoms with E-state index in [-0.39, 0.29) is 11.2 Å². The van der Waals surface area contributed by atoms with E-state index in [9.17, 15) is 9.59 Å². The molecule has 1 N–H and O–H groups in total. The van der Waals surface area contributed by atoms with Crippen LogP contribution < -0.4 is 5.32 Å². The molecule has 1 atom stereocenters. The minimum atomic E-state index is -0.426. The van der Waals surface area contributed by atoms with Crippen LogP contribution in [-0.4, -0.2) is 18.9 Å². The zero-order valence-corrected chi connectivity index (χ0v) is 15.7. The van der Waals surface area contributed by atoms with Crippen LogP contribution in [0.2, 0.25) is 5.02 Å². The molecule has 2 aliphatic rings. The van der Waals surface area contributed by atoms with Crippen LogP contribution in [-0.2, 0) is 14.3 Å². The highest BCUT2D eigenvalue weighted by molar-refractivity contribution is 6.30. The number of carbonyl (C=O) groups is 2. The summed E-state index contributed by atoms with van der Waals surface area (Å²) in [6.45, 7) is 6.02. The van der Waals surface area contributed by atoms with Gasteiger partial charge in [-0.05, 0) is 36.5 Å². The van der Waals surface area contributed by atoms with Crippen molar-refractivity contribution in [1.29, 1.82) is 0 Å². The second-order valence-electron chi connectivity index (χ2n) is 7.47. The maximum Gasteiger partial charge on any atom is 0.336 e. The topological polar surface area (TPSA) is 55.4 Å². The van der Waals surface area contributed by atoms with Crippen molar-refractivity contribution in [2.45, 2.75) is 39.5 Å². The summed E-state index contributed by atoms with van der Waals surface area (Å²) in [4.78, 5) is 25.4. The van der Waals surface area contributed by atoms with Crippen molar-refractivity contribution in [2.24, 2.45) is 5.41 Å². The number of methoxy groups -OCH3 is 1. The summed E-state index contributed by atoms with van der Waals surface area (Å²) in [7, 11) is 1.36. The number of carbonyl (C=O) groups excluding carboxylic acids is 2. The quantitative estimate of drug-likeness (QED) is 0.807. The number of hydrogen-bond acceptors (Lipinski definition) is 4. The van der Waals surface area contributed by atoms with Crippen molar-refractivity contribution >= 4 is 23.4 Å². The number of benzene rings is 1. The Morgan fingerprint density at radius 3 is 2.48 bits per heavy atom. The van der Waals surface area contributed by atoms with Crippen molar-refractivity contribution in [3.05, 3.63) is 57.4 Å². The summed E-state index contributed by atoms with van der Waals surface area (Å²) < 4.78 is 4.99. The Bertz CT molecular complexity index is 803. The molecular formula is C20H22ClNO3. The summed E-state index contributed by atoms with van der Waals surface area (Å²) in [5.74, 6) is -0.772. The Labute approximate surface area is 152 Å². The van der Waals surface area contributed by atoms with Crippen LogP contribution in [0.3, 0.4) is 0 Å². The molecule has 0 aromatic heterocycles. The van der Waals surface area contributed by atoms with Crippen molar-refractivity contribution < 1.29 is 14.3 Å². The fraction of sp³-hybridized carbons (Fsp3) is 0.400. The molecule has 1 aromatic rings. The molecule has 1 unspecified atom stereocenters. The maximum atomic E-state index is 13.0. The number of rotatable bonds is 2. The number of ketones is 1. The van der Waals surface area contributed by atoms with Crippen LogP contribution in [0.4, 0.5) is 0 Å². The van der Waals surface area contributed by atoms with E-state index in [1.807, 2.05) is 19.1 Å². The van der Waals surface area contributed by atoms with Crippen LogP contribution >= 0.6 is 11.6 Å². The molecule has 1 aromatic carbocycles. The fourth-order valence-electron chi connectivity index (χ4n) is 3.81. The molecule has 0 radical (unpaired) electrons. The monoisotopic (exact) mass is 359 g/mol. The van der Waals surface area contributed by atoms with E-state index in [0.717, 1.165) is 23.4 Å². The van der Waals surface area contributed by atoms with Gasteiger partial charge in [-0.1, -0.05) is 37.6 Å². The van der Waals surface area contributed by atoms with Crippen molar-refractivity contribution in [1.82, 2.24) is 5.32 Å². The van der Waals surface area contributed by atoms with E-state index in [1.54, 1.807) is 12.1 Å². The number of hydrogen-bond donors (Lipinski definition) is 1. The van der Waals surface area contributed by atoms with Crippen molar-refractivity contribution in [3.8, 4) is 0 Å². The summed E-state index contributed by atoms with van der Waals surface area (Å²) >= 11 is 6.01. The Hall–Kier alpha value is -2.07. The number of dihydropyridines is 1. The molecule has 0 fully saturated rings. The summed E-state index contributed by atoms with van der Waals surface area (Å²) in [5, 5.41) is 3.91. The highest BCUT2D eigenvalue weighted by atomic mass is 35.5. The molecule has 0 spiro atoms. The molecule has 132 valence electrons. The Balaban J connectivity index is 2.19. The lowest BCUT2D eigenvalue weighted by atomic mass is 9.68. The van der Waals surface area contributed by atoms with E-state index in [4.69, 9.17) is 16.3 Å². The van der Waals surface area contributed by atoms with E-state index in [2.05, 4.69) is 19.2 Å². The SMILES string of the molecule is COC(=O)C1=C(C)NC2=C(C(=O)CC(C)(C)C2)C1c1ccc(Cl)cc1. The van der Waals surface area contributed by atoms with E-state index < -0.39 is 11.9 Å². The van der Waals surface area contributed by atoms with Crippen molar-refractivity contribution in [2.75, 3.05) is 7.11 Å². The number of ether oxygens (including phenoxy) is 1. The Morgan fingerprint density at radius 2 is 1.88 bits per heavy atom. The molecule has 3 rings (SSSR count). The van der Waals surface area contributed by atoms with Crippen LogP contribution in [0.25, 0.3) is 0 Å². The first-order chi connectivity index (χ1) is 11.7. The van der Waals surface area contributed by atoms with E-state index in [0.29, 0.717) is 22.6 Å². The lowest BCUT2D eigenvalue weighted by Gasteiger charge is -2.39. The van der Waals surface area contributed by atoms with Gasteiger partial charge in [-0.3, -0.25) is 4.79 Å². The molecule has 0 bridgehead atoms. The Kier molecular flexibility index (Phi) is 4.50. The first kappa shape index (κ1) is 17.7. The number of halogens is 1. The highest BCUT2D eigenvalue weighted by Gasteiger charge is 2.42. The first-order valence-electron chi connectivity index (χ1n) is 8.31. The third-order valence-electron chi connectivity index (χ3n) is 4.85. The van der Waals surface area contributed by atoms with Crippen LogP contribution in [0.1, 0.15) is 45.1 Å². The second-order valence-corrected chi connectivity index (χ2v) is 7.91. The van der Waals surface area contributed by atoms with E-state index in [1.165, 1.54) is 7.11 Å². The lowest BCUT2D eigenvalue weighted by molar-refractivity contribution is -0.136. The van der Waals surface area contributed by atoms with Crippen molar-refractivity contribution in [3.63, 3.8) is 0 Å². The molecule has 4 nitrogen and oxygen atoms in total. The highest BCUT2D eigenvalue weighted by Crippen LogP contribution is 2.46. The number of allylic oxidation sites excluding steroid dienone is 3. The maximum absolute atomic E-state index is 13.0. The largest absolute Gasteiger partial charge is 0.466 e. The molecule has 0 amide bonds. The third-order valence-corrected chi connectivity index (χ3v) is 5.10. The third kappa shape index (κ3) is 3.23. The molecular weight excluding hydrogens is 338 g/mol. The molecule has 0 saturated heterocycles. The zero-order valence-electron chi connectivity index (χ0n) is 14.9.